The normalized spacial score (nSPS) is 27.6. The molecule has 1 N–H and O–H groups in total. The first kappa shape index (κ1) is 15.6. The second-order valence-corrected chi connectivity index (χ2v) is 7.05. The summed E-state index contributed by atoms with van der Waals surface area (Å²) < 4.78 is 8.39. The summed E-state index contributed by atoms with van der Waals surface area (Å²) in [6.45, 7) is 3.78. The van der Waals surface area contributed by atoms with E-state index in [1.807, 2.05) is 24.7 Å². The van der Waals surface area contributed by atoms with Crippen molar-refractivity contribution < 1.29 is 4.74 Å². The summed E-state index contributed by atoms with van der Waals surface area (Å²) in [6, 6.07) is 4.39. The Morgan fingerprint density at radius 2 is 2.38 bits per heavy atom. The van der Waals surface area contributed by atoms with Crippen LogP contribution in [0.4, 0.5) is 5.69 Å². The van der Waals surface area contributed by atoms with E-state index in [-0.39, 0.29) is 5.60 Å². The number of pyridine rings is 1. The molecule has 0 amide bonds. The first-order valence-corrected chi connectivity index (χ1v) is 8.72. The smallest absolute Gasteiger partial charge is 0.122 e. The minimum Gasteiger partial charge on any atom is -0.379 e. The minimum atomic E-state index is -0.0106. The number of anilines is 1. The van der Waals surface area contributed by atoms with Crippen molar-refractivity contribution in [1.82, 2.24) is 19.4 Å². The van der Waals surface area contributed by atoms with Crippen LogP contribution < -0.4 is 5.32 Å². The molecule has 2 aromatic heterocycles. The van der Waals surface area contributed by atoms with Gasteiger partial charge in [0.2, 0.25) is 0 Å². The van der Waals surface area contributed by atoms with Crippen LogP contribution in [-0.2, 0) is 18.3 Å². The van der Waals surface area contributed by atoms with Crippen LogP contribution >= 0.6 is 0 Å². The van der Waals surface area contributed by atoms with Crippen molar-refractivity contribution in [1.29, 1.82) is 0 Å². The zero-order valence-corrected chi connectivity index (χ0v) is 14.2. The van der Waals surface area contributed by atoms with Crippen molar-refractivity contribution in [3.05, 3.63) is 42.7 Å². The molecule has 0 bridgehead atoms. The van der Waals surface area contributed by atoms with Crippen LogP contribution in [0.1, 0.15) is 25.1 Å². The van der Waals surface area contributed by atoms with E-state index in [9.17, 15) is 0 Å². The van der Waals surface area contributed by atoms with E-state index in [0.717, 1.165) is 50.6 Å². The first-order valence-electron chi connectivity index (χ1n) is 8.72. The van der Waals surface area contributed by atoms with E-state index < -0.39 is 0 Å². The number of piperidine rings is 1. The quantitative estimate of drug-likeness (QED) is 0.931. The van der Waals surface area contributed by atoms with Gasteiger partial charge in [-0.1, -0.05) is 0 Å². The Bertz CT molecular complexity index is 673. The summed E-state index contributed by atoms with van der Waals surface area (Å²) in [5.74, 6) is 1.12. The van der Waals surface area contributed by atoms with E-state index in [4.69, 9.17) is 4.74 Å². The third-order valence-corrected chi connectivity index (χ3v) is 5.15. The Balaban J connectivity index is 1.38. The number of ether oxygens (including phenoxy) is 1. The van der Waals surface area contributed by atoms with Gasteiger partial charge in [0.15, 0.2) is 0 Å². The lowest BCUT2D eigenvalue weighted by atomic mass is 9.88. The number of imidazole rings is 1. The fourth-order valence-electron chi connectivity index (χ4n) is 3.98. The van der Waals surface area contributed by atoms with Gasteiger partial charge in [-0.25, -0.2) is 4.98 Å². The van der Waals surface area contributed by atoms with Crippen LogP contribution in [0.25, 0.3) is 0 Å². The van der Waals surface area contributed by atoms with Crippen LogP contribution in [0.2, 0.25) is 0 Å². The summed E-state index contributed by atoms with van der Waals surface area (Å²) in [5.41, 5.74) is 1.06. The highest BCUT2D eigenvalue weighted by Crippen LogP contribution is 2.36. The third kappa shape index (κ3) is 3.30. The molecule has 0 radical (unpaired) electrons. The molecule has 2 aliphatic rings. The number of aromatic nitrogens is 3. The Kier molecular flexibility index (Phi) is 4.24. The van der Waals surface area contributed by atoms with Crippen molar-refractivity contribution in [2.45, 2.75) is 37.5 Å². The highest BCUT2D eigenvalue weighted by molar-refractivity contribution is 5.41. The number of likely N-dealkylation sites (tertiary alicyclic amines) is 1. The number of nitrogens with one attached hydrogen (secondary N) is 1. The number of aryl methyl sites for hydroxylation is 1. The second kappa shape index (κ2) is 6.53. The van der Waals surface area contributed by atoms with E-state index in [1.54, 1.807) is 6.20 Å². The molecule has 1 spiro atoms. The van der Waals surface area contributed by atoms with Gasteiger partial charge in [-0.05, 0) is 37.9 Å². The second-order valence-electron chi connectivity index (χ2n) is 7.05. The highest BCUT2D eigenvalue weighted by atomic mass is 16.5. The Labute approximate surface area is 142 Å². The average Bonchev–Trinajstić information content (AvgIpc) is 3.16. The Morgan fingerprint density at radius 3 is 3.17 bits per heavy atom. The molecule has 2 fully saturated rings. The van der Waals surface area contributed by atoms with Gasteiger partial charge in [-0.15, -0.1) is 0 Å². The molecule has 128 valence electrons. The number of nitrogens with zero attached hydrogens (tertiary/aromatic N) is 4. The van der Waals surface area contributed by atoms with Crippen LogP contribution in [0.5, 0.6) is 0 Å². The minimum absolute atomic E-state index is 0.0106. The van der Waals surface area contributed by atoms with Crippen LogP contribution in [0, 0.1) is 0 Å². The maximum Gasteiger partial charge on any atom is 0.122 e. The van der Waals surface area contributed by atoms with Crippen molar-refractivity contribution in [2.24, 2.45) is 7.05 Å². The molecule has 2 saturated heterocycles. The van der Waals surface area contributed by atoms with Crippen LogP contribution in [-0.4, -0.2) is 50.8 Å². The molecular formula is C18H25N5O. The predicted octanol–water partition coefficient (Wildman–Crippen LogP) is 2.05. The summed E-state index contributed by atoms with van der Waals surface area (Å²) in [4.78, 5) is 11.1. The molecule has 2 aliphatic heterocycles. The van der Waals surface area contributed by atoms with Gasteiger partial charge in [0.25, 0.3) is 0 Å². The molecule has 4 heterocycles. The van der Waals surface area contributed by atoms with Gasteiger partial charge < -0.3 is 14.6 Å². The SMILES string of the molecule is Cn1ccnc1CN1CCC[C@]2(C[C@H](Nc3cccnc3)CO2)C1. The van der Waals surface area contributed by atoms with Crippen molar-refractivity contribution in [2.75, 3.05) is 25.0 Å². The van der Waals surface area contributed by atoms with Crippen molar-refractivity contribution in [3.8, 4) is 0 Å². The predicted molar refractivity (Wildman–Crippen MR) is 92.7 cm³/mol. The molecule has 0 saturated carbocycles. The van der Waals surface area contributed by atoms with Gasteiger partial charge in [-0.3, -0.25) is 9.88 Å². The van der Waals surface area contributed by atoms with Gasteiger partial charge in [0.1, 0.15) is 5.82 Å². The van der Waals surface area contributed by atoms with E-state index in [0.29, 0.717) is 6.04 Å². The van der Waals surface area contributed by atoms with Crippen molar-refractivity contribution in [3.63, 3.8) is 0 Å². The molecule has 0 aliphatic carbocycles. The van der Waals surface area contributed by atoms with E-state index >= 15 is 0 Å². The molecule has 2 atom stereocenters. The molecule has 0 unspecified atom stereocenters. The van der Waals surface area contributed by atoms with Crippen LogP contribution in [0.15, 0.2) is 36.9 Å². The maximum atomic E-state index is 6.29. The summed E-state index contributed by atoms with van der Waals surface area (Å²) >= 11 is 0. The lowest BCUT2D eigenvalue weighted by Crippen LogP contribution is -2.48. The average molecular weight is 327 g/mol. The number of hydrogen-bond acceptors (Lipinski definition) is 5. The lowest BCUT2D eigenvalue weighted by molar-refractivity contribution is -0.0539. The fourth-order valence-corrected chi connectivity index (χ4v) is 3.98. The molecule has 24 heavy (non-hydrogen) atoms. The monoisotopic (exact) mass is 327 g/mol. The Morgan fingerprint density at radius 1 is 1.42 bits per heavy atom. The molecule has 6 heteroatoms. The topological polar surface area (TPSA) is 55.2 Å². The lowest BCUT2D eigenvalue weighted by Gasteiger charge is -2.39. The summed E-state index contributed by atoms with van der Waals surface area (Å²) in [5, 5.41) is 3.56. The molecule has 0 aromatic carbocycles. The molecule has 4 rings (SSSR count). The summed E-state index contributed by atoms with van der Waals surface area (Å²) in [6.07, 6.45) is 10.9. The van der Waals surface area contributed by atoms with Gasteiger partial charge in [-0.2, -0.15) is 0 Å². The Hall–Kier alpha value is -1.92. The molecular weight excluding hydrogens is 302 g/mol. The first-order chi connectivity index (χ1) is 11.7. The van der Waals surface area contributed by atoms with Crippen molar-refractivity contribution >= 4 is 5.69 Å². The fraction of sp³-hybridized carbons (Fsp3) is 0.556. The van der Waals surface area contributed by atoms with Gasteiger partial charge >= 0.3 is 0 Å². The molecule has 2 aromatic rings. The largest absolute Gasteiger partial charge is 0.379 e. The van der Waals surface area contributed by atoms with E-state index in [2.05, 4.69) is 37.9 Å². The third-order valence-electron chi connectivity index (χ3n) is 5.15. The zero-order chi connectivity index (χ0) is 16.4. The van der Waals surface area contributed by atoms with Crippen LogP contribution in [0.3, 0.4) is 0 Å². The highest BCUT2D eigenvalue weighted by Gasteiger charge is 2.43. The van der Waals surface area contributed by atoms with Gasteiger partial charge in [0, 0.05) is 38.4 Å². The van der Waals surface area contributed by atoms with E-state index in [1.165, 1.54) is 6.42 Å². The standard InChI is InChI=1S/C18H25N5O/c1-22-9-7-20-17(22)12-23-8-3-5-18(14-23)10-16(13-24-18)21-15-4-2-6-19-11-15/h2,4,6-7,9,11,16,21H,3,5,8,10,12-14H2,1H3/t16-,18-/m0/s1. The maximum absolute atomic E-state index is 6.29. The number of hydrogen-bond donors (Lipinski definition) is 1. The van der Waals surface area contributed by atoms with Gasteiger partial charge in [0.05, 0.1) is 30.5 Å². The zero-order valence-electron chi connectivity index (χ0n) is 14.2. The number of rotatable bonds is 4. The molecule has 6 nitrogen and oxygen atoms in total. The summed E-state index contributed by atoms with van der Waals surface area (Å²) in [7, 11) is 2.06.